The molecule has 0 saturated heterocycles. The fraction of sp³-hybridized carbons (Fsp3) is 0.0667. The maximum Gasteiger partial charge on any atom is 0.387 e. The van der Waals surface area contributed by atoms with Crippen LogP contribution in [0.1, 0.15) is 10.5 Å². The Kier molecular flexibility index (Phi) is 4.48. The minimum absolute atomic E-state index is 0.0496. The van der Waals surface area contributed by atoms with Gasteiger partial charge in [0, 0.05) is 11.8 Å². The lowest BCUT2D eigenvalue weighted by molar-refractivity contribution is -0.0497. The molecular weight excluding hydrogens is 344 g/mol. The quantitative estimate of drug-likeness (QED) is 0.721. The zero-order valence-electron chi connectivity index (χ0n) is 11.9. The van der Waals surface area contributed by atoms with Crippen LogP contribution in [0, 0.1) is 0 Å². The molecule has 0 bridgehead atoms. The summed E-state index contributed by atoms with van der Waals surface area (Å²) in [5.41, 5.74) is 0.989. The van der Waals surface area contributed by atoms with Gasteiger partial charge in [-0.25, -0.2) is 0 Å². The lowest BCUT2D eigenvalue weighted by Gasteiger charge is -2.08. The van der Waals surface area contributed by atoms with Crippen molar-refractivity contribution in [1.82, 2.24) is 10.2 Å². The Balaban J connectivity index is 1.72. The second-order valence-corrected chi connectivity index (χ2v) is 5.03. The van der Waals surface area contributed by atoms with Crippen molar-refractivity contribution < 1.29 is 22.7 Å². The van der Waals surface area contributed by atoms with Gasteiger partial charge in [0.15, 0.2) is 11.5 Å². The second kappa shape index (κ2) is 6.71. The Hall–Kier alpha value is -2.87. The van der Waals surface area contributed by atoms with Crippen LogP contribution in [-0.4, -0.2) is 22.7 Å². The number of halogens is 3. The number of hydrogen-bond donors (Lipinski definition) is 2. The molecule has 0 aliphatic rings. The van der Waals surface area contributed by atoms with Gasteiger partial charge in [0.25, 0.3) is 5.91 Å². The number of carbonyl (C=O) groups excluding carboxylic acids is 1. The molecule has 0 fully saturated rings. The number of amides is 1. The fourth-order valence-corrected chi connectivity index (χ4v) is 2.19. The van der Waals surface area contributed by atoms with Gasteiger partial charge in [-0.1, -0.05) is 11.6 Å². The number of rotatable bonds is 5. The lowest BCUT2D eigenvalue weighted by atomic mass is 10.2. The van der Waals surface area contributed by atoms with E-state index in [1.54, 1.807) is 12.1 Å². The van der Waals surface area contributed by atoms with E-state index in [-0.39, 0.29) is 16.5 Å². The monoisotopic (exact) mass is 353 g/mol. The van der Waals surface area contributed by atoms with Gasteiger partial charge < -0.3 is 14.5 Å². The number of nitrogens with one attached hydrogen (secondary N) is 2. The zero-order valence-corrected chi connectivity index (χ0v) is 12.7. The predicted octanol–water partition coefficient (Wildman–Crippen LogP) is 4.18. The molecule has 0 atom stereocenters. The minimum Gasteiger partial charge on any atom is -0.463 e. The summed E-state index contributed by atoms with van der Waals surface area (Å²) >= 11 is 5.83. The topological polar surface area (TPSA) is 80.1 Å². The molecule has 3 rings (SSSR count). The van der Waals surface area contributed by atoms with Crippen molar-refractivity contribution in [2.24, 2.45) is 0 Å². The van der Waals surface area contributed by atoms with Crippen molar-refractivity contribution in [2.45, 2.75) is 6.61 Å². The predicted molar refractivity (Wildman–Crippen MR) is 82.3 cm³/mol. The number of aromatic nitrogens is 2. The normalized spacial score (nSPS) is 10.8. The molecule has 0 spiro atoms. The van der Waals surface area contributed by atoms with Gasteiger partial charge in [0.1, 0.15) is 11.4 Å². The maximum absolute atomic E-state index is 12.2. The smallest absolute Gasteiger partial charge is 0.387 e. The van der Waals surface area contributed by atoms with Crippen LogP contribution in [0.2, 0.25) is 5.02 Å². The molecule has 0 aliphatic heterocycles. The van der Waals surface area contributed by atoms with E-state index in [2.05, 4.69) is 20.3 Å². The fourth-order valence-electron chi connectivity index (χ4n) is 1.96. The highest BCUT2D eigenvalue weighted by molar-refractivity contribution is 6.32. The number of carbonyl (C=O) groups is 1. The first-order chi connectivity index (χ1) is 11.5. The minimum atomic E-state index is -2.98. The first-order valence-electron chi connectivity index (χ1n) is 6.68. The van der Waals surface area contributed by atoms with Gasteiger partial charge in [-0.3, -0.25) is 9.89 Å². The average molecular weight is 354 g/mol. The summed E-state index contributed by atoms with van der Waals surface area (Å²) in [5.74, 6) is -0.134. The van der Waals surface area contributed by atoms with Crippen LogP contribution in [0.4, 0.5) is 14.5 Å². The standard InChI is InChI=1S/C15H10ClF2N3O3/c16-9-6-8(3-4-12(9)24-15(17)18)19-14(22)11-7-10(20-21-11)13-2-1-5-23-13/h1-7,15H,(H,19,22)(H,20,21). The Bertz CT molecular complexity index is 850. The highest BCUT2D eigenvalue weighted by Gasteiger charge is 2.14. The molecule has 0 radical (unpaired) electrons. The summed E-state index contributed by atoms with van der Waals surface area (Å²) < 4.78 is 33.8. The van der Waals surface area contributed by atoms with Gasteiger partial charge in [0.05, 0.1) is 11.3 Å². The number of H-pyrrole nitrogens is 1. The van der Waals surface area contributed by atoms with E-state index in [1.165, 1.54) is 30.5 Å². The third kappa shape index (κ3) is 3.54. The number of furan rings is 1. The number of anilines is 1. The van der Waals surface area contributed by atoms with Crippen molar-refractivity contribution in [3.05, 3.63) is 53.4 Å². The van der Waals surface area contributed by atoms with E-state index in [0.717, 1.165) is 0 Å². The number of aromatic amines is 1. The zero-order chi connectivity index (χ0) is 17.1. The van der Waals surface area contributed by atoms with Crippen LogP contribution >= 0.6 is 11.6 Å². The number of nitrogens with zero attached hydrogens (tertiary/aromatic N) is 1. The van der Waals surface area contributed by atoms with Crippen molar-refractivity contribution in [3.8, 4) is 17.2 Å². The lowest BCUT2D eigenvalue weighted by Crippen LogP contribution is -2.12. The Morgan fingerprint density at radius 2 is 2.17 bits per heavy atom. The molecule has 2 heterocycles. The van der Waals surface area contributed by atoms with Crippen LogP contribution in [0.3, 0.4) is 0 Å². The van der Waals surface area contributed by atoms with Crippen molar-refractivity contribution in [2.75, 3.05) is 5.32 Å². The van der Waals surface area contributed by atoms with Crippen LogP contribution in [-0.2, 0) is 0 Å². The van der Waals surface area contributed by atoms with E-state index >= 15 is 0 Å². The molecule has 3 aromatic rings. The molecule has 9 heteroatoms. The average Bonchev–Trinajstić information content (AvgIpc) is 3.19. The molecule has 0 saturated carbocycles. The SMILES string of the molecule is O=C(Nc1ccc(OC(F)F)c(Cl)c1)c1cc(-c2ccco2)[nH]n1. The van der Waals surface area contributed by atoms with Crippen LogP contribution in [0.15, 0.2) is 47.1 Å². The number of ether oxygens (including phenoxy) is 1. The van der Waals surface area contributed by atoms with Gasteiger partial charge in [-0.15, -0.1) is 0 Å². The third-order valence-corrected chi connectivity index (χ3v) is 3.30. The molecule has 6 nitrogen and oxygen atoms in total. The van der Waals surface area contributed by atoms with Gasteiger partial charge in [0.2, 0.25) is 0 Å². The summed E-state index contributed by atoms with van der Waals surface area (Å²) in [5, 5.41) is 9.09. The molecule has 2 N–H and O–H groups in total. The van der Waals surface area contributed by atoms with Gasteiger partial charge in [-0.05, 0) is 30.3 Å². The van der Waals surface area contributed by atoms with Crippen LogP contribution in [0.25, 0.3) is 11.5 Å². The Morgan fingerprint density at radius 1 is 1.33 bits per heavy atom. The molecule has 1 amide bonds. The summed E-state index contributed by atoms with van der Waals surface area (Å²) in [6, 6.07) is 8.88. The van der Waals surface area contributed by atoms with E-state index in [1.807, 2.05) is 0 Å². The second-order valence-electron chi connectivity index (χ2n) is 4.62. The van der Waals surface area contributed by atoms with Crippen molar-refractivity contribution in [3.63, 3.8) is 0 Å². The van der Waals surface area contributed by atoms with Crippen LogP contribution < -0.4 is 10.1 Å². The molecule has 0 aliphatic carbocycles. The first-order valence-corrected chi connectivity index (χ1v) is 7.06. The van der Waals surface area contributed by atoms with Crippen molar-refractivity contribution in [1.29, 1.82) is 0 Å². The number of hydrogen-bond acceptors (Lipinski definition) is 4. The van der Waals surface area contributed by atoms with Crippen molar-refractivity contribution >= 4 is 23.2 Å². The van der Waals surface area contributed by atoms with E-state index < -0.39 is 12.5 Å². The molecular formula is C15H10ClF2N3O3. The highest BCUT2D eigenvalue weighted by atomic mass is 35.5. The first kappa shape index (κ1) is 16.0. The summed E-state index contributed by atoms with van der Waals surface area (Å²) in [6.45, 7) is -2.98. The highest BCUT2D eigenvalue weighted by Crippen LogP contribution is 2.29. The number of benzene rings is 1. The van der Waals surface area contributed by atoms with E-state index in [4.69, 9.17) is 16.0 Å². The third-order valence-electron chi connectivity index (χ3n) is 3.00. The summed E-state index contributed by atoms with van der Waals surface area (Å²) in [4.78, 5) is 12.2. The molecule has 24 heavy (non-hydrogen) atoms. The maximum atomic E-state index is 12.2. The van der Waals surface area contributed by atoms with Gasteiger partial charge >= 0.3 is 6.61 Å². The number of alkyl halides is 2. The molecule has 124 valence electrons. The Morgan fingerprint density at radius 3 is 2.83 bits per heavy atom. The van der Waals surface area contributed by atoms with Gasteiger partial charge in [-0.2, -0.15) is 13.9 Å². The molecule has 0 unspecified atom stereocenters. The van der Waals surface area contributed by atoms with E-state index in [0.29, 0.717) is 17.1 Å². The summed E-state index contributed by atoms with van der Waals surface area (Å²) in [7, 11) is 0. The molecule has 2 aromatic heterocycles. The van der Waals surface area contributed by atoms with E-state index in [9.17, 15) is 13.6 Å². The summed E-state index contributed by atoms with van der Waals surface area (Å²) in [6.07, 6.45) is 1.50. The van der Waals surface area contributed by atoms with Crippen LogP contribution in [0.5, 0.6) is 5.75 Å². The molecule has 1 aromatic carbocycles. The Labute approximate surface area is 139 Å². The largest absolute Gasteiger partial charge is 0.463 e.